The van der Waals surface area contributed by atoms with Crippen LogP contribution in [0.3, 0.4) is 0 Å². The predicted octanol–water partition coefficient (Wildman–Crippen LogP) is 11.1. The van der Waals surface area contributed by atoms with Gasteiger partial charge in [0.15, 0.2) is 25.5 Å². The van der Waals surface area contributed by atoms with Crippen molar-refractivity contribution < 1.29 is 36.8 Å². The third-order valence-electron chi connectivity index (χ3n) is 9.54. The van der Waals surface area contributed by atoms with Crippen molar-refractivity contribution in [2.75, 3.05) is 0 Å². The number of hydrogen-bond donors (Lipinski definition) is 0. The number of nitrogens with zero attached hydrogens (tertiary/aromatic N) is 2. The van der Waals surface area contributed by atoms with Crippen LogP contribution in [0.2, 0.25) is 0 Å². The van der Waals surface area contributed by atoms with Crippen LogP contribution in [0.5, 0.6) is 0 Å². The molecule has 264 valence electrons. The zero-order valence-electron chi connectivity index (χ0n) is 31.3. The number of pyridine rings is 2. The molecule has 0 unspecified atom stereocenters. The molecule has 0 aliphatic carbocycles. The van der Waals surface area contributed by atoms with Gasteiger partial charge in [0.25, 0.3) is 0 Å². The van der Waals surface area contributed by atoms with Crippen LogP contribution in [-0.4, -0.2) is 0 Å². The van der Waals surface area contributed by atoms with Gasteiger partial charge in [-0.3, -0.25) is 0 Å². The molecule has 5 heteroatoms. The van der Waals surface area contributed by atoms with Gasteiger partial charge in [0.05, 0.1) is 21.2 Å². The summed E-state index contributed by atoms with van der Waals surface area (Å²) in [5, 5.41) is 1.68. The van der Waals surface area contributed by atoms with Gasteiger partial charge in [-0.1, -0.05) is 181 Å². The zero-order chi connectivity index (χ0) is 37.3. The average Bonchev–Trinajstić information content (AvgIpc) is 3.22. The Labute approximate surface area is 357 Å². The van der Waals surface area contributed by atoms with Gasteiger partial charge in [0.2, 0.25) is 0 Å². The van der Waals surface area contributed by atoms with Gasteiger partial charge in [-0.05, 0) is 59.4 Å². The molecule has 0 bridgehead atoms. The molecule has 0 N–H and O–H groups in total. The molecular weight excluding hydrogens is 893 g/mol. The van der Waals surface area contributed by atoms with Crippen molar-refractivity contribution in [1.82, 2.24) is 0 Å². The van der Waals surface area contributed by atoms with Crippen molar-refractivity contribution in [1.29, 1.82) is 0 Å². The van der Waals surface area contributed by atoms with Gasteiger partial charge in [-0.25, -0.2) is 9.13 Å². The second-order valence-corrected chi connectivity index (χ2v) is 14.4. The molecule has 0 amide bonds. The molecule has 0 atom stereocenters. The minimum atomic E-state index is 0. The van der Waals surface area contributed by atoms with Crippen molar-refractivity contribution in [2.24, 2.45) is 0 Å². The van der Waals surface area contributed by atoms with E-state index in [1.165, 1.54) is 66.8 Å². The summed E-state index contributed by atoms with van der Waals surface area (Å²) < 4.78 is 4.32. The summed E-state index contributed by atoms with van der Waals surface area (Å²) >= 11 is 11.5. The zero-order valence-corrected chi connectivity index (χ0v) is 38.4. The molecule has 2 nitrogen and oxygen atoms in total. The summed E-state index contributed by atoms with van der Waals surface area (Å²) in [6, 6.07) is 63.5. The predicted molar refractivity (Wildman–Crippen MR) is 227 cm³/mol. The molecule has 6 aromatic carbocycles. The van der Waals surface area contributed by atoms with Crippen LogP contribution in [0.25, 0.3) is 44.5 Å². The van der Waals surface area contributed by atoms with Gasteiger partial charge in [-0.15, -0.1) is 0 Å². The topological polar surface area (TPSA) is 7.76 Å². The van der Waals surface area contributed by atoms with E-state index in [1.807, 2.05) is 24.3 Å². The molecule has 0 radical (unpaired) electrons. The monoisotopic (exact) mass is 936 g/mol. The van der Waals surface area contributed by atoms with Crippen LogP contribution in [0.4, 0.5) is 0 Å². The Kier molecular flexibility index (Phi) is 13.7. The molecular formula is C50H42HgN2S2+2. The first-order valence-electron chi connectivity index (χ1n) is 18.2. The normalized spacial score (nSPS) is 10.5. The standard InChI is InChI=1S/2C25H21NS.Hg/c2*1-19-12-14-20(15-13-19)17-26-18-24(22-10-6-3-7-11-22)23(16-25(26)27)21-8-4-2-5-9-21;/h2*2-16,18H,17H2,1H3;/q;;+2. The molecule has 8 rings (SSSR count). The minimum absolute atomic E-state index is 0. The maximum Gasteiger partial charge on any atom is 2.00 e. The quantitative estimate of drug-likeness (QED) is 0.0852. The van der Waals surface area contributed by atoms with Crippen LogP contribution >= 0.6 is 0 Å². The summed E-state index contributed by atoms with van der Waals surface area (Å²) in [5.74, 6) is 0. The van der Waals surface area contributed by atoms with E-state index in [1.54, 1.807) is 0 Å². The van der Waals surface area contributed by atoms with Crippen LogP contribution in [-0.2, 0) is 66.0 Å². The number of aromatic nitrogens is 2. The van der Waals surface area contributed by atoms with E-state index in [0.717, 1.165) is 23.1 Å². The first-order chi connectivity index (χ1) is 26.4. The van der Waals surface area contributed by atoms with Crippen molar-refractivity contribution in [3.05, 3.63) is 217 Å². The van der Waals surface area contributed by atoms with Crippen molar-refractivity contribution >= 4 is 25.3 Å². The molecule has 2 aromatic heterocycles. The molecule has 0 saturated heterocycles. The van der Waals surface area contributed by atoms with Gasteiger partial charge in [0.1, 0.15) is 0 Å². The van der Waals surface area contributed by atoms with Gasteiger partial charge >= 0.3 is 27.7 Å². The van der Waals surface area contributed by atoms with Crippen molar-refractivity contribution in [3.63, 3.8) is 0 Å². The van der Waals surface area contributed by atoms with Crippen molar-refractivity contribution in [2.45, 2.75) is 37.0 Å². The van der Waals surface area contributed by atoms with Gasteiger partial charge < -0.3 is 25.3 Å². The minimum Gasteiger partial charge on any atom is -0.710 e. The number of aryl methyl sites for hydroxylation is 2. The first kappa shape index (κ1) is 39.7. The smallest absolute Gasteiger partial charge is 0.710 e. The molecule has 55 heavy (non-hydrogen) atoms. The van der Waals surface area contributed by atoms with Crippen LogP contribution in [0.1, 0.15) is 22.3 Å². The van der Waals surface area contributed by atoms with Crippen LogP contribution in [0, 0.1) is 13.8 Å². The fourth-order valence-electron chi connectivity index (χ4n) is 6.58. The summed E-state index contributed by atoms with van der Waals surface area (Å²) in [6.45, 7) is 5.76. The Morgan fingerprint density at radius 3 is 0.927 bits per heavy atom. The second kappa shape index (κ2) is 19.0. The second-order valence-electron chi connectivity index (χ2n) is 13.6. The average molecular weight is 936 g/mol. The van der Waals surface area contributed by atoms with E-state index < -0.39 is 0 Å². The van der Waals surface area contributed by atoms with E-state index in [0.29, 0.717) is 0 Å². The van der Waals surface area contributed by atoms with E-state index in [9.17, 15) is 0 Å². The van der Waals surface area contributed by atoms with Gasteiger partial charge in [-0.2, -0.15) is 0 Å². The Hall–Kier alpha value is -5.00. The Bertz CT molecular complexity index is 2260. The largest absolute Gasteiger partial charge is 2.00 e. The molecule has 0 aliphatic heterocycles. The maximum atomic E-state index is 5.74. The summed E-state index contributed by atoms with van der Waals surface area (Å²) in [7, 11) is 0. The fraction of sp³-hybridized carbons (Fsp3) is 0.0800. The molecule has 8 aromatic rings. The molecule has 2 heterocycles. The Morgan fingerprint density at radius 2 is 0.636 bits per heavy atom. The third kappa shape index (κ3) is 10.2. The number of benzene rings is 6. The number of rotatable bonds is 8. The van der Waals surface area contributed by atoms with E-state index in [4.69, 9.17) is 25.3 Å². The van der Waals surface area contributed by atoms with E-state index in [-0.39, 0.29) is 27.7 Å². The molecule has 0 aliphatic rings. The summed E-state index contributed by atoms with van der Waals surface area (Å²) in [6.07, 6.45) is 4.39. The van der Waals surface area contributed by atoms with Gasteiger partial charge in [0, 0.05) is 11.1 Å². The maximum absolute atomic E-state index is 5.74. The van der Waals surface area contributed by atoms with Crippen molar-refractivity contribution in [3.8, 4) is 44.5 Å². The first-order valence-corrected chi connectivity index (χ1v) is 19.0. The van der Waals surface area contributed by atoms with Crippen LogP contribution in [0.15, 0.2) is 204 Å². The molecule has 0 fully saturated rings. The SMILES string of the molecule is Cc1ccc(C[n+]2cc(-c3ccccc3)c(-c3ccccc3)cc2[S-])cc1.Cc1ccc(C[n+]2cc(-c3ccccc3)c(-c3ccccc3)cc2[S-])cc1.[Hg+2]. The van der Waals surface area contributed by atoms with Crippen LogP contribution < -0.4 is 9.13 Å². The fourth-order valence-corrected chi connectivity index (χ4v) is 7.05. The molecule has 0 spiro atoms. The third-order valence-corrected chi connectivity index (χ3v) is 10.2. The number of hydrogen-bond acceptors (Lipinski definition) is 2. The summed E-state index contributed by atoms with van der Waals surface area (Å²) in [5.41, 5.74) is 14.6. The Balaban J connectivity index is 0.000000184. The van der Waals surface area contributed by atoms with E-state index in [2.05, 4.69) is 193 Å². The summed E-state index contributed by atoms with van der Waals surface area (Å²) in [4.78, 5) is 0. The Morgan fingerprint density at radius 1 is 0.364 bits per heavy atom. The van der Waals surface area contributed by atoms with E-state index >= 15 is 0 Å². The molecule has 0 saturated carbocycles.